The smallest absolute Gasteiger partial charge is 0.319 e. The van der Waals surface area contributed by atoms with Crippen molar-refractivity contribution in [2.45, 2.75) is 26.4 Å². The first-order valence-electron chi connectivity index (χ1n) is 8.30. The third kappa shape index (κ3) is 3.85. The number of halogens is 3. The third-order valence-electron chi connectivity index (χ3n) is 4.17. The highest BCUT2D eigenvalue weighted by Gasteiger charge is 2.22. The number of carbonyl (C=O) groups excluding carboxylic acids is 1. The highest BCUT2D eigenvalue weighted by molar-refractivity contribution is 6.30. The number of alkyl halides is 2. The number of benzene rings is 1. The van der Waals surface area contributed by atoms with E-state index in [1.54, 1.807) is 29.9 Å². The highest BCUT2D eigenvalue weighted by atomic mass is 35.5. The maximum Gasteiger partial charge on any atom is 0.319 e. The van der Waals surface area contributed by atoms with Crippen LogP contribution in [-0.2, 0) is 13.0 Å². The number of aromatic nitrogens is 4. The molecule has 0 aliphatic rings. The first-order chi connectivity index (χ1) is 12.9. The predicted octanol–water partition coefficient (Wildman–Crippen LogP) is 3.95. The van der Waals surface area contributed by atoms with E-state index in [4.69, 9.17) is 11.6 Å². The number of amides is 1. The van der Waals surface area contributed by atoms with Crippen molar-refractivity contribution in [1.29, 1.82) is 0 Å². The van der Waals surface area contributed by atoms with Crippen LogP contribution in [0.25, 0.3) is 5.69 Å². The minimum Gasteiger partial charge on any atom is -0.334 e. The first kappa shape index (κ1) is 19.0. The van der Waals surface area contributed by atoms with Gasteiger partial charge in [0.2, 0.25) is 0 Å². The van der Waals surface area contributed by atoms with Gasteiger partial charge in [0.15, 0.2) is 0 Å². The molecule has 0 spiro atoms. The molecule has 2 heterocycles. The molecule has 1 aromatic carbocycles. The standard InChI is InChI=1S/C18H18ClF2N5O/c1-3-15-14(10-23-26(15)13-6-4-5-12(19)9-13)17(27)24(2)11-16-22-7-8-25(16)18(20)21/h4-10,18H,3,11H2,1-2H3. The summed E-state index contributed by atoms with van der Waals surface area (Å²) in [5.41, 5.74) is 1.87. The fourth-order valence-electron chi connectivity index (χ4n) is 2.86. The van der Waals surface area contributed by atoms with Crippen LogP contribution >= 0.6 is 11.6 Å². The summed E-state index contributed by atoms with van der Waals surface area (Å²) in [4.78, 5) is 18.1. The van der Waals surface area contributed by atoms with Crippen LogP contribution in [0.5, 0.6) is 0 Å². The Hall–Kier alpha value is -2.74. The van der Waals surface area contributed by atoms with Crippen LogP contribution in [-0.4, -0.2) is 37.2 Å². The molecule has 1 amide bonds. The van der Waals surface area contributed by atoms with Crippen LogP contribution in [0.2, 0.25) is 5.02 Å². The normalized spacial score (nSPS) is 11.2. The van der Waals surface area contributed by atoms with Crippen LogP contribution in [0, 0.1) is 0 Å². The van der Waals surface area contributed by atoms with E-state index in [0.29, 0.717) is 22.7 Å². The molecule has 0 atom stereocenters. The summed E-state index contributed by atoms with van der Waals surface area (Å²) in [6.45, 7) is -0.831. The largest absolute Gasteiger partial charge is 0.334 e. The molecule has 6 nitrogen and oxygen atoms in total. The van der Waals surface area contributed by atoms with Crippen LogP contribution < -0.4 is 0 Å². The van der Waals surface area contributed by atoms with Gasteiger partial charge in [-0.2, -0.15) is 13.9 Å². The minimum absolute atomic E-state index is 0.0400. The molecule has 9 heteroatoms. The van der Waals surface area contributed by atoms with E-state index in [-0.39, 0.29) is 18.3 Å². The number of carbonyl (C=O) groups is 1. The molecule has 3 aromatic rings. The lowest BCUT2D eigenvalue weighted by Gasteiger charge is -2.18. The van der Waals surface area contributed by atoms with Gasteiger partial charge in [-0.25, -0.2) is 9.67 Å². The molecule has 0 N–H and O–H groups in total. The second-order valence-electron chi connectivity index (χ2n) is 5.94. The van der Waals surface area contributed by atoms with Gasteiger partial charge in [-0.1, -0.05) is 24.6 Å². The Balaban J connectivity index is 1.87. The number of hydrogen-bond acceptors (Lipinski definition) is 3. The van der Waals surface area contributed by atoms with Crippen molar-refractivity contribution >= 4 is 17.5 Å². The zero-order chi connectivity index (χ0) is 19.6. The average molecular weight is 394 g/mol. The van der Waals surface area contributed by atoms with E-state index in [2.05, 4.69) is 10.1 Å². The second-order valence-corrected chi connectivity index (χ2v) is 6.38. The maximum absolute atomic E-state index is 13.0. The lowest BCUT2D eigenvalue weighted by atomic mass is 10.1. The Morgan fingerprint density at radius 2 is 2.15 bits per heavy atom. The molecule has 3 rings (SSSR count). The van der Waals surface area contributed by atoms with Crippen molar-refractivity contribution < 1.29 is 13.6 Å². The van der Waals surface area contributed by atoms with Gasteiger partial charge >= 0.3 is 6.55 Å². The Labute approximate surface area is 160 Å². The fourth-order valence-corrected chi connectivity index (χ4v) is 3.04. The van der Waals surface area contributed by atoms with Crippen molar-refractivity contribution in [1.82, 2.24) is 24.2 Å². The van der Waals surface area contributed by atoms with Crippen molar-refractivity contribution in [2.75, 3.05) is 7.05 Å². The molecule has 0 aliphatic carbocycles. The van der Waals surface area contributed by atoms with Gasteiger partial charge in [0.05, 0.1) is 29.7 Å². The monoisotopic (exact) mass is 393 g/mol. The fraction of sp³-hybridized carbons (Fsp3) is 0.278. The molecule has 0 bridgehead atoms. The molecular formula is C18H18ClF2N5O. The van der Waals surface area contributed by atoms with Gasteiger partial charge in [0.1, 0.15) is 5.82 Å². The van der Waals surface area contributed by atoms with Gasteiger partial charge < -0.3 is 4.90 Å². The molecule has 0 radical (unpaired) electrons. The average Bonchev–Trinajstić information content (AvgIpc) is 3.27. The lowest BCUT2D eigenvalue weighted by Crippen LogP contribution is -2.28. The number of hydrogen-bond donors (Lipinski definition) is 0. The zero-order valence-corrected chi connectivity index (χ0v) is 15.6. The molecule has 0 fully saturated rings. The molecule has 0 saturated carbocycles. The number of imidazole rings is 1. The van der Waals surface area contributed by atoms with Crippen LogP contribution in [0.15, 0.2) is 42.9 Å². The summed E-state index contributed by atoms with van der Waals surface area (Å²) in [6.07, 6.45) is 4.52. The van der Waals surface area contributed by atoms with Gasteiger partial charge in [0.25, 0.3) is 5.91 Å². The molecule has 27 heavy (non-hydrogen) atoms. The van der Waals surface area contributed by atoms with E-state index in [0.717, 1.165) is 10.3 Å². The summed E-state index contributed by atoms with van der Waals surface area (Å²) in [5.74, 6) is -0.204. The molecular weight excluding hydrogens is 376 g/mol. The van der Waals surface area contributed by atoms with E-state index >= 15 is 0 Å². The molecule has 0 saturated heterocycles. The molecule has 0 unspecified atom stereocenters. The van der Waals surface area contributed by atoms with Gasteiger partial charge in [-0.3, -0.25) is 9.36 Å². The Bertz CT molecular complexity index is 953. The summed E-state index contributed by atoms with van der Waals surface area (Å²) in [7, 11) is 1.54. The Morgan fingerprint density at radius 3 is 2.81 bits per heavy atom. The quantitative estimate of drug-likeness (QED) is 0.637. The van der Waals surface area contributed by atoms with Crippen molar-refractivity contribution in [2.24, 2.45) is 0 Å². The molecule has 142 valence electrons. The van der Waals surface area contributed by atoms with Crippen LogP contribution in [0.1, 0.15) is 35.3 Å². The minimum atomic E-state index is -2.71. The van der Waals surface area contributed by atoms with Crippen molar-refractivity contribution in [3.05, 3.63) is 65.0 Å². The number of nitrogens with zero attached hydrogens (tertiary/aromatic N) is 5. The Morgan fingerprint density at radius 1 is 1.37 bits per heavy atom. The SMILES string of the molecule is CCc1c(C(=O)N(C)Cc2nccn2C(F)F)cnn1-c1cccc(Cl)c1. The van der Waals surface area contributed by atoms with Crippen LogP contribution in [0.4, 0.5) is 8.78 Å². The Kier molecular flexibility index (Phi) is 5.55. The third-order valence-corrected chi connectivity index (χ3v) is 4.41. The van der Waals surface area contributed by atoms with E-state index in [1.165, 1.54) is 23.5 Å². The predicted molar refractivity (Wildman–Crippen MR) is 97.2 cm³/mol. The van der Waals surface area contributed by atoms with Crippen LogP contribution in [0.3, 0.4) is 0 Å². The first-order valence-corrected chi connectivity index (χ1v) is 8.68. The topological polar surface area (TPSA) is 56.0 Å². The summed E-state index contributed by atoms with van der Waals surface area (Å²) in [5, 5.41) is 4.88. The summed E-state index contributed by atoms with van der Waals surface area (Å²) in [6, 6.07) is 7.16. The zero-order valence-electron chi connectivity index (χ0n) is 14.8. The van der Waals surface area contributed by atoms with Gasteiger partial charge in [-0.05, 0) is 24.6 Å². The van der Waals surface area contributed by atoms with E-state index in [1.807, 2.05) is 13.0 Å². The van der Waals surface area contributed by atoms with Crippen molar-refractivity contribution in [3.8, 4) is 5.69 Å². The van der Waals surface area contributed by atoms with Crippen molar-refractivity contribution in [3.63, 3.8) is 0 Å². The van der Waals surface area contributed by atoms with E-state index in [9.17, 15) is 13.6 Å². The summed E-state index contributed by atoms with van der Waals surface area (Å²) < 4.78 is 28.3. The summed E-state index contributed by atoms with van der Waals surface area (Å²) >= 11 is 6.04. The lowest BCUT2D eigenvalue weighted by molar-refractivity contribution is 0.0612. The van der Waals surface area contributed by atoms with E-state index < -0.39 is 6.55 Å². The highest BCUT2D eigenvalue weighted by Crippen LogP contribution is 2.21. The molecule has 0 aliphatic heterocycles. The van der Waals surface area contributed by atoms with Gasteiger partial charge in [-0.15, -0.1) is 0 Å². The number of rotatable bonds is 6. The van der Waals surface area contributed by atoms with Gasteiger partial charge in [0, 0.05) is 24.5 Å². The second kappa shape index (κ2) is 7.87. The molecule has 2 aromatic heterocycles. The maximum atomic E-state index is 13.0.